The van der Waals surface area contributed by atoms with Gasteiger partial charge in [0.25, 0.3) is 0 Å². The van der Waals surface area contributed by atoms with Crippen LogP contribution in [0.15, 0.2) is 18.2 Å². The van der Waals surface area contributed by atoms with E-state index in [-0.39, 0.29) is 0 Å². The molecule has 0 radical (unpaired) electrons. The van der Waals surface area contributed by atoms with Gasteiger partial charge in [0.15, 0.2) is 0 Å². The molecule has 0 bridgehead atoms. The summed E-state index contributed by atoms with van der Waals surface area (Å²) in [7, 11) is 3.26. The molecule has 0 saturated heterocycles. The van der Waals surface area contributed by atoms with E-state index in [9.17, 15) is 0 Å². The van der Waals surface area contributed by atoms with Crippen molar-refractivity contribution in [1.82, 2.24) is 0 Å². The summed E-state index contributed by atoms with van der Waals surface area (Å²) in [5.41, 5.74) is 0.918. The molecule has 3 nitrogen and oxygen atoms in total. The fraction of sp³-hybridized carbons (Fsp3) is 0.333. The van der Waals surface area contributed by atoms with Crippen LogP contribution in [0.25, 0.3) is 0 Å². The van der Waals surface area contributed by atoms with Gasteiger partial charge in [0, 0.05) is 6.07 Å². The molecule has 0 unspecified atom stereocenters. The van der Waals surface area contributed by atoms with Crippen LogP contribution in [-0.4, -0.2) is 20.8 Å². The Morgan fingerprint density at radius 3 is 2.67 bits per heavy atom. The van der Waals surface area contributed by atoms with E-state index in [0.29, 0.717) is 6.54 Å². The first-order chi connectivity index (χ1) is 7.31. The van der Waals surface area contributed by atoms with Crippen molar-refractivity contribution in [2.75, 3.05) is 26.1 Å². The molecule has 0 aliphatic rings. The largest absolute Gasteiger partial charge is 0.497 e. The van der Waals surface area contributed by atoms with Crippen molar-refractivity contribution in [3.05, 3.63) is 18.2 Å². The van der Waals surface area contributed by atoms with Crippen molar-refractivity contribution in [1.29, 1.82) is 0 Å². The molecule has 80 valence electrons. The number of nitrogens with one attached hydrogen (secondary N) is 1. The molecule has 1 aromatic carbocycles. The third-order valence-electron chi connectivity index (χ3n) is 1.95. The Balaban J connectivity index is 2.81. The van der Waals surface area contributed by atoms with Crippen LogP contribution in [0.1, 0.15) is 6.92 Å². The Hall–Kier alpha value is -1.82. The lowest BCUT2D eigenvalue weighted by Gasteiger charge is -2.10. The standard InChI is InChI=1S/C12H15NO2/c1-4-5-8-13-11-7-6-10(14-2)9-12(11)15-3/h6-7,9,13H,8H2,1-3H3. The van der Waals surface area contributed by atoms with E-state index >= 15 is 0 Å². The van der Waals surface area contributed by atoms with Crippen LogP contribution >= 0.6 is 0 Å². The van der Waals surface area contributed by atoms with Gasteiger partial charge in [-0.1, -0.05) is 5.92 Å². The zero-order chi connectivity index (χ0) is 11.1. The van der Waals surface area contributed by atoms with E-state index in [2.05, 4.69) is 17.2 Å². The van der Waals surface area contributed by atoms with Crippen molar-refractivity contribution in [2.24, 2.45) is 0 Å². The quantitative estimate of drug-likeness (QED) is 0.764. The van der Waals surface area contributed by atoms with Gasteiger partial charge in [0.2, 0.25) is 0 Å². The van der Waals surface area contributed by atoms with Crippen molar-refractivity contribution >= 4 is 5.69 Å². The van der Waals surface area contributed by atoms with E-state index in [0.717, 1.165) is 17.2 Å². The zero-order valence-electron chi connectivity index (χ0n) is 9.26. The number of rotatable bonds is 4. The number of hydrogen-bond acceptors (Lipinski definition) is 3. The molecular weight excluding hydrogens is 190 g/mol. The number of anilines is 1. The highest BCUT2D eigenvalue weighted by Crippen LogP contribution is 2.28. The van der Waals surface area contributed by atoms with Gasteiger partial charge in [-0.3, -0.25) is 0 Å². The molecule has 1 aromatic rings. The number of ether oxygens (including phenoxy) is 2. The van der Waals surface area contributed by atoms with Gasteiger partial charge in [0.05, 0.1) is 26.5 Å². The maximum absolute atomic E-state index is 5.23. The monoisotopic (exact) mass is 205 g/mol. The molecule has 1 rings (SSSR count). The predicted molar refractivity (Wildman–Crippen MR) is 61.5 cm³/mol. The lowest BCUT2D eigenvalue weighted by Crippen LogP contribution is -2.01. The van der Waals surface area contributed by atoms with Crippen LogP contribution in [0.2, 0.25) is 0 Å². The summed E-state index contributed by atoms with van der Waals surface area (Å²) in [4.78, 5) is 0. The van der Waals surface area contributed by atoms with Gasteiger partial charge in [-0.2, -0.15) is 0 Å². The van der Waals surface area contributed by atoms with E-state index in [1.165, 1.54) is 0 Å². The molecule has 0 amide bonds. The number of hydrogen-bond donors (Lipinski definition) is 1. The summed E-state index contributed by atoms with van der Waals surface area (Å²) in [6.45, 7) is 2.42. The van der Waals surface area contributed by atoms with Crippen LogP contribution < -0.4 is 14.8 Å². The minimum absolute atomic E-state index is 0.610. The maximum Gasteiger partial charge on any atom is 0.145 e. The lowest BCUT2D eigenvalue weighted by atomic mass is 10.2. The first kappa shape index (κ1) is 11.3. The van der Waals surface area contributed by atoms with Crippen LogP contribution in [0, 0.1) is 11.8 Å². The Bertz CT molecular complexity index is 377. The third kappa shape index (κ3) is 3.10. The fourth-order valence-electron chi connectivity index (χ4n) is 1.17. The normalized spacial score (nSPS) is 8.73. The Morgan fingerprint density at radius 2 is 2.07 bits per heavy atom. The molecule has 0 fully saturated rings. The highest BCUT2D eigenvalue weighted by molar-refractivity contribution is 5.59. The predicted octanol–water partition coefficient (Wildman–Crippen LogP) is 2.14. The highest BCUT2D eigenvalue weighted by atomic mass is 16.5. The van der Waals surface area contributed by atoms with Gasteiger partial charge in [-0.25, -0.2) is 0 Å². The molecule has 0 aliphatic carbocycles. The highest BCUT2D eigenvalue weighted by Gasteiger charge is 2.02. The Labute approximate surface area is 90.4 Å². The summed E-state index contributed by atoms with van der Waals surface area (Å²) in [5.74, 6) is 7.28. The Morgan fingerprint density at radius 1 is 1.27 bits per heavy atom. The van der Waals surface area contributed by atoms with Crippen molar-refractivity contribution in [3.63, 3.8) is 0 Å². The molecule has 0 heterocycles. The molecule has 15 heavy (non-hydrogen) atoms. The minimum Gasteiger partial charge on any atom is -0.497 e. The number of benzene rings is 1. The van der Waals surface area contributed by atoms with Crippen LogP contribution in [0.5, 0.6) is 11.5 Å². The number of methoxy groups -OCH3 is 2. The first-order valence-electron chi connectivity index (χ1n) is 4.67. The van der Waals surface area contributed by atoms with Gasteiger partial charge < -0.3 is 14.8 Å². The lowest BCUT2D eigenvalue weighted by molar-refractivity contribution is 0.395. The summed E-state index contributed by atoms with van der Waals surface area (Å²) >= 11 is 0. The SMILES string of the molecule is CC#CCNc1ccc(OC)cc1OC. The van der Waals surface area contributed by atoms with Gasteiger partial charge in [-0.15, -0.1) is 5.92 Å². The average molecular weight is 205 g/mol. The van der Waals surface area contributed by atoms with Gasteiger partial charge in [-0.05, 0) is 19.1 Å². The van der Waals surface area contributed by atoms with Crippen LogP contribution in [-0.2, 0) is 0 Å². The smallest absolute Gasteiger partial charge is 0.145 e. The molecule has 0 aromatic heterocycles. The molecule has 0 saturated carbocycles. The molecule has 3 heteroatoms. The summed E-state index contributed by atoms with van der Waals surface area (Å²) in [6.07, 6.45) is 0. The van der Waals surface area contributed by atoms with Crippen LogP contribution in [0.3, 0.4) is 0 Å². The Kier molecular flexibility index (Phi) is 4.36. The molecule has 0 atom stereocenters. The third-order valence-corrected chi connectivity index (χ3v) is 1.95. The molecular formula is C12H15NO2. The van der Waals surface area contributed by atoms with Crippen molar-refractivity contribution < 1.29 is 9.47 Å². The molecule has 0 aliphatic heterocycles. The van der Waals surface area contributed by atoms with Crippen molar-refractivity contribution in [3.8, 4) is 23.3 Å². The topological polar surface area (TPSA) is 30.5 Å². The summed E-state index contributed by atoms with van der Waals surface area (Å²) in [5, 5.41) is 3.16. The second-order valence-electron chi connectivity index (χ2n) is 2.85. The summed E-state index contributed by atoms with van der Waals surface area (Å²) < 4.78 is 10.3. The van der Waals surface area contributed by atoms with Crippen molar-refractivity contribution in [2.45, 2.75) is 6.92 Å². The van der Waals surface area contributed by atoms with E-state index in [1.807, 2.05) is 25.1 Å². The van der Waals surface area contributed by atoms with Gasteiger partial charge in [0.1, 0.15) is 11.5 Å². The summed E-state index contributed by atoms with van der Waals surface area (Å²) in [6, 6.07) is 5.63. The van der Waals surface area contributed by atoms with E-state index in [4.69, 9.17) is 9.47 Å². The minimum atomic E-state index is 0.610. The van der Waals surface area contributed by atoms with Crippen LogP contribution in [0.4, 0.5) is 5.69 Å². The molecule has 0 spiro atoms. The van der Waals surface area contributed by atoms with Gasteiger partial charge >= 0.3 is 0 Å². The molecule has 1 N–H and O–H groups in total. The second-order valence-corrected chi connectivity index (χ2v) is 2.85. The van der Waals surface area contributed by atoms with E-state index < -0.39 is 0 Å². The second kappa shape index (κ2) is 5.82. The first-order valence-corrected chi connectivity index (χ1v) is 4.67. The maximum atomic E-state index is 5.23. The average Bonchev–Trinajstić information content (AvgIpc) is 2.29. The fourth-order valence-corrected chi connectivity index (χ4v) is 1.17. The van der Waals surface area contributed by atoms with E-state index in [1.54, 1.807) is 14.2 Å². The zero-order valence-corrected chi connectivity index (χ0v) is 9.26.